The van der Waals surface area contributed by atoms with Crippen molar-refractivity contribution in [2.24, 2.45) is 78.8 Å². The molecule has 14 atom stereocenters. The first-order valence-electron chi connectivity index (χ1n) is 31.7. The molecular weight excluding hydrogens is 1030 g/mol. The maximum absolute atomic E-state index is 12.4. The fourth-order valence-electron chi connectivity index (χ4n) is 15.1. The molecule has 14 unspecified atom stereocenters. The third-order valence-electron chi connectivity index (χ3n) is 24.1. The summed E-state index contributed by atoms with van der Waals surface area (Å²) in [5, 5.41) is 9.36. The van der Waals surface area contributed by atoms with Gasteiger partial charge >= 0.3 is 23.9 Å². The number of rotatable bonds is 8. The number of amides is 1. The van der Waals surface area contributed by atoms with Crippen LogP contribution in [0.15, 0.2) is 12.2 Å². The summed E-state index contributed by atoms with van der Waals surface area (Å²) in [5.41, 5.74) is 0.677. The number of esters is 3. The van der Waals surface area contributed by atoms with Crippen LogP contribution in [0.2, 0.25) is 0 Å². The molecule has 82 heavy (non-hydrogen) atoms. The molecule has 0 aromatic rings. The summed E-state index contributed by atoms with van der Waals surface area (Å²) in [4.78, 5) is 78.6. The maximum Gasteiger partial charge on any atom is 0.311 e. The summed E-state index contributed by atoms with van der Waals surface area (Å²) in [6.07, 6.45) is 13.1. The van der Waals surface area contributed by atoms with Crippen LogP contribution in [0.1, 0.15) is 214 Å². The van der Waals surface area contributed by atoms with Crippen molar-refractivity contribution >= 4 is 35.6 Å². The van der Waals surface area contributed by atoms with E-state index in [1.807, 2.05) is 27.9 Å². The second-order valence-electron chi connectivity index (χ2n) is 31.3. The lowest BCUT2D eigenvalue weighted by Crippen LogP contribution is -2.52. The summed E-state index contributed by atoms with van der Waals surface area (Å²) in [6, 6.07) is 1.63. The highest BCUT2D eigenvalue weighted by molar-refractivity contribution is 5.90. The Bertz CT molecular complexity index is 2160. The molecule has 8 fully saturated rings. The highest BCUT2D eigenvalue weighted by Gasteiger charge is 2.51. The molecule has 3 saturated heterocycles. The molecule has 3 heterocycles. The minimum Gasteiger partial charge on any atom is -0.481 e. The van der Waals surface area contributed by atoms with Crippen molar-refractivity contribution in [3.8, 4) is 0 Å². The average Bonchev–Trinajstić information content (AvgIpc) is 4.42. The van der Waals surface area contributed by atoms with Gasteiger partial charge in [0.25, 0.3) is 0 Å². The highest BCUT2D eigenvalue weighted by atomic mass is 16.5. The molecule has 0 spiro atoms. The van der Waals surface area contributed by atoms with Crippen LogP contribution in [0.25, 0.3) is 0 Å². The zero-order chi connectivity index (χ0) is 62.5. The van der Waals surface area contributed by atoms with Crippen molar-refractivity contribution in [3.05, 3.63) is 12.2 Å². The molecule has 1 N–H and O–H groups in total. The second kappa shape index (κ2) is 27.6. The first kappa shape index (κ1) is 71.1. The zero-order valence-electron chi connectivity index (χ0n) is 56.2. The number of hydrogen-bond donors (Lipinski definition) is 1. The number of carboxylic acid groups (broad SMARTS) is 1. The Kier molecular flexibility index (Phi) is 23.9. The van der Waals surface area contributed by atoms with Gasteiger partial charge in [0.05, 0.1) is 43.0 Å². The van der Waals surface area contributed by atoms with Gasteiger partial charge in [-0.25, -0.2) is 0 Å². The molecular formula is C68H120N4O10. The number of aliphatic carboxylic acids is 1. The molecule has 0 aromatic carbocycles. The molecule has 0 aromatic heterocycles. The van der Waals surface area contributed by atoms with Crippen molar-refractivity contribution in [2.45, 2.75) is 232 Å². The molecule has 8 aliphatic rings. The number of likely N-dealkylation sites (tertiary alicyclic amines) is 3. The quantitative estimate of drug-likeness (QED) is 0.139. The number of carboxylic acids is 1. The van der Waals surface area contributed by atoms with E-state index in [4.69, 9.17) is 9.47 Å². The molecule has 5 aliphatic carbocycles. The number of carbonyl (C=O) groups excluding carboxylic acids is 5. The number of nitrogens with zero attached hydrogens (tertiary/aromatic N) is 4. The number of hydrogen-bond acceptors (Lipinski definition) is 12. The summed E-state index contributed by atoms with van der Waals surface area (Å²) in [5.74, 6) is 3.66. The molecule has 0 radical (unpaired) electrons. The van der Waals surface area contributed by atoms with Crippen LogP contribution in [0.3, 0.4) is 0 Å². The maximum atomic E-state index is 12.4. The number of carbonyl (C=O) groups is 6. The molecule has 14 nitrogen and oxygen atoms in total. The topological polar surface area (TPSA) is 163 Å². The van der Waals surface area contributed by atoms with Gasteiger partial charge in [0.2, 0.25) is 5.91 Å². The predicted octanol–water partition coefficient (Wildman–Crippen LogP) is 12.6. The monoisotopic (exact) mass is 1150 g/mol. The van der Waals surface area contributed by atoms with Gasteiger partial charge in [-0.05, 0) is 163 Å². The zero-order valence-corrected chi connectivity index (χ0v) is 56.2. The van der Waals surface area contributed by atoms with E-state index in [9.17, 15) is 33.9 Å². The average molecular weight is 1150 g/mol. The van der Waals surface area contributed by atoms with E-state index >= 15 is 0 Å². The van der Waals surface area contributed by atoms with E-state index in [1.165, 1.54) is 53.9 Å². The molecule has 5 saturated carbocycles. The number of ketones is 1. The van der Waals surface area contributed by atoms with Gasteiger partial charge in [-0.2, -0.15) is 0 Å². The fourth-order valence-corrected chi connectivity index (χ4v) is 15.1. The minimum absolute atomic E-state index is 0.0292. The Morgan fingerprint density at radius 1 is 0.463 bits per heavy atom. The number of ether oxygens (including phenoxy) is 3. The van der Waals surface area contributed by atoms with E-state index in [1.54, 1.807) is 11.8 Å². The standard InChI is InChI=1S/C18H34N2O.C17H31NO2.C16H29NO2.C9H14O2.C8H12O3/c1-13-11-20(12-14(2)17(13,3)4)15-8-9-18(5,10-15)16(21)19(6)7;1-12-10-18(11-13(2)16(12,3)4)14-7-8-17(5,9-14)15(19)20-6;1-11-9-17(10-12(2)15(11,3)4)13-6-7-16(5,8-13)14(18)19;1-7-4-5-9(2,6-7)8(10)11-3;1-8(7(10)11-2)4-3-6(9)5-8/h13-15H,8-12H2,1-7H3;12-14H,7-11H2,1-6H3;11-13H,6-10H2,1-5H3,(H,18,19);1,4-6H2,2-3H3;3-5H2,1-2H3. The summed E-state index contributed by atoms with van der Waals surface area (Å²) < 4.78 is 14.3. The molecule has 8 rings (SSSR count). The molecule has 1 amide bonds. The van der Waals surface area contributed by atoms with Crippen LogP contribution in [0, 0.1) is 78.8 Å². The summed E-state index contributed by atoms with van der Waals surface area (Å²) in [7, 11) is 8.07. The number of allylic oxidation sites excluding steroid dienone is 1. The van der Waals surface area contributed by atoms with Gasteiger partial charge in [-0.3, -0.25) is 43.5 Å². The van der Waals surface area contributed by atoms with E-state index in [2.05, 4.69) is 123 Å². The van der Waals surface area contributed by atoms with Crippen LogP contribution in [-0.2, 0) is 43.0 Å². The largest absolute Gasteiger partial charge is 0.481 e. The van der Waals surface area contributed by atoms with Gasteiger partial charge in [-0.1, -0.05) is 102 Å². The molecule has 472 valence electrons. The lowest BCUT2D eigenvalue weighted by atomic mass is 9.67. The van der Waals surface area contributed by atoms with E-state index < -0.39 is 16.8 Å². The van der Waals surface area contributed by atoms with E-state index in [-0.39, 0.29) is 39.9 Å². The summed E-state index contributed by atoms with van der Waals surface area (Å²) in [6.45, 7) is 49.2. The first-order chi connectivity index (χ1) is 37.6. The van der Waals surface area contributed by atoms with E-state index in [0.29, 0.717) is 83.2 Å². The third-order valence-corrected chi connectivity index (χ3v) is 24.1. The van der Waals surface area contributed by atoms with Crippen LogP contribution < -0.4 is 0 Å². The minimum atomic E-state index is -0.617. The Hall–Kier alpha value is -3.36. The van der Waals surface area contributed by atoms with Crippen LogP contribution >= 0.6 is 0 Å². The third kappa shape index (κ3) is 16.4. The van der Waals surface area contributed by atoms with Crippen molar-refractivity contribution in [1.82, 2.24) is 19.6 Å². The van der Waals surface area contributed by atoms with Gasteiger partial charge in [0.1, 0.15) is 5.78 Å². The van der Waals surface area contributed by atoms with Gasteiger partial charge in [-0.15, -0.1) is 0 Å². The Morgan fingerprint density at radius 2 is 0.756 bits per heavy atom. The predicted molar refractivity (Wildman–Crippen MR) is 329 cm³/mol. The van der Waals surface area contributed by atoms with Crippen LogP contribution in [0.4, 0.5) is 0 Å². The number of piperidine rings is 3. The van der Waals surface area contributed by atoms with Gasteiger partial charge in [0, 0.05) is 89.7 Å². The second-order valence-corrected chi connectivity index (χ2v) is 31.3. The normalized spacial score (nSPS) is 38.7. The van der Waals surface area contributed by atoms with Crippen molar-refractivity contribution < 1.29 is 48.1 Å². The molecule has 14 heteroatoms. The SMILES string of the molecule is C=C1CCC(C)(C(=O)OC)C1.CC1CN(C2CCC(C)(C(=O)N(C)C)C2)CC(C)C1(C)C.CC1CN(C2CCC(C)(C(=O)O)C2)CC(C)C1(C)C.COC(=O)C1(C)CCC(=O)C1.COC(=O)C1(C)CCC(N2CC(C)C(C)(C)C(C)C2)C1. The van der Waals surface area contributed by atoms with E-state index in [0.717, 1.165) is 101 Å². The molecule has 3 aliphatic heterocycles. The van der Waals surface area contributed by atoms with Gasteiger partial charge < -0.3 is 24.2 Å². The first-order valence-corrected chi connectivity index (χ1v) is 31.7. The number of Topliss-reactive ketones (excluding diaryl/α,β-unsaturated/α-hetero) is 1. The Morgan fingerprint density at radius 3 is 1.04 bits per heavy atom. The summed E-state index contributed by atoms with van der Waals surface area (Å²) >= 11 is 0. The van der Waals surface area contributed by atoms with Gasteiger partial charge in [0.15, 0.2) is 0 Å². The van der Waals surface area contributed by atoms with Crippen molar-refractivity contribution in [1.29, 1.82) is 0 Å². The Labute approximate surface area is 499 Å². The smallest absolute Gasteiger partial charge is 0.311 e. The number of methoxy groups -OCH3 is 3. The van der Waals surface area contributed by atoms with Crippen LogP contribution in [-0.4, -0.2) is 153 Å². The lowest BCUT2D eigenvalue weighted by molar-refractivity contribution is -0.152. The highest BCUT2D eigenvalue weighted by Crippen LogP contribution is 2.49. The molecule has 0 bridgehead atoms. The fraction of sp³-hybridized carbons (Fsp3) is 0.882. The van der Waals surface area contributed by atoms with Crippen LogP contribution in [0.5, 0.6) is 0 Å². The Balaban J connectivity index is 0.000000226. The lowest BCUT2D eigenvalue weighted by Gasteiger charge is -2.49. The van der Waals surface area contributed by atoms with Crippen molar-refractivity contribution in [2.75, 3.05) is 74.7 Å². The van der Waals surface area contributed by atoms with Crippen molar-refractivity contribution in [3.63, 3.8) is 0 Å².